The third kappa shape index (κ3) is 11.0. The van der Waals surface area contributed by atoms with Crippen molar-refractivity contribution in [2.45, 2.75) is 58.4 Å². The third-order valence-corrected chi connectivity index (χ3v) is 8.97. The molecule has 0 saturated carbocycles. The number of halogens is 1. The van der Waals surface area contributed by atoms with Crippen molar-refractivity contribution in [1.29, 1.82) is 0 Å². The fourth-order valence-electron chi connectivity index (χ4n) is 5.73. The van der Waals surface area contributed by atoms with Crippen LogP contribution in [0.2, 0.25) is 0 Å². The van der Waals surface area contributed by atoms with Crippen LogP contribution in [0.1, 0.15) is 65.7 Å². The van der Waals surface area contributed by atoms with Crippen molar-refractivity contribution in [3.63, 3.8) is 0 Å². The highest BCUT2D eigenvalue weighted by molar-refractivity contribution is 7.33. The summed E-state index contributed by atoms with van der Waals surface area (Å²) in [7, 11) is -2.75. The van der Waals surface area contributed by atoms with Crippen LogP contribution in [0.5, 0.6) is 0 Å². The molecule has 14 heteroatoms. The first-order chi connectivity index (χ1) is 24.1. The van der Waals surface area contributed by atoms with Crippen molar-refractivity contribution in [3.05, 3.63) is 94.1 Å². The zero-order valence-electron chi connectivity index (χ0n) is 28.0. The fraction of sp³-hybridized carbons (Fsp3) is 0.361. The number of hydrogen-bond donors (Lipinski definition) is 5. The standard InChI is InChI=1S/C36H42FN4O8P/c1-23-28(24(2)39-33(23)20-30-29-19-27(37)14-16-31(29)41-35(30)44)15-17-34(43)40-32(13-8-12-25-9-4-3-5-10-25)36(45)38-18-7-6-11-26(21-42)22-48-50(47)49-46/h3-5,8-10,12,14,16,19-20,26,32,39,42H,6-7,11,13,15,17-18,21-22H2,1-2H3,(H3-,38,40,41,43,44,45,46)/b12-8+,30-20-. The molecule has 0 saturated heterocycles. The first-order valence-electron chi connectivity index (χ1n) is 16.4. The molecular formula is C36H42FN4O8P. The number of benzene rings is 2. The molecule has 0 spiro atoms. The fourth-order valence-corrected chi connectivity index (χ4v) is 6.11. The molecule has 12 nitrogen and oxygen atoms in total. The monoisotopic (exact) mass is 708 g/mol. The number of amides is 3. The Morgan fingerprint density at radius 3 is 2.66 bits per heavy atom. The van der Waals surface area contributed by atoms with E-state index in [0.29, 0.717) is 54.7 Å². The highest BCUT2D eigenvalue weighted by atomic mass is 31.1. The number of unbranched alkanes of at least 4 members (excludes halogenated alkanes) is 1. The van der Waals surface area contributed by atoms with Crippen LogP contribution in [0, 0.1) is 25.6 Å². The number of aromatic amines is 1. The summed E-state index contributed by atoms with van der Waals surface area (Å²) in [6.07, 6.45) is 7.90. The Bertz CT molecular complexity index is 1730. The summed E-state index contributed by atoms with van der Waals surface area (Å²) in [5, 5.41) is 28.1. The molecule has 0 fully saturated rings. The van der Waals surface area contributed by atoms with Gasteiger partial charge in [0.1, 0.15) is 18.5 Å². The van der Waals surface area contributed by atoms with Gasteiger partial charge in [0.05, 0.1) is 5.57 Å². The van der Waals surface area contributed by atoms with E-state index in [0.717, 1.165) is 22.4 Å². The molecule has 0 radical (unpaired) electrons. The molecule has 1 aliphatic rings. The molecule has 4 rings (SSSR count). The number of rotatable bonds is 19. The van der Waals surface area contributed by atoms with Gasteiger partial charge >= 0.3 is 8.25 Å². The van der Waals surface area contributed by atoms with Gasteiger partial charge in [-0.1, -0.05) is 48.9 Å². The van der Waals surface area contributed by atoms with E-state index < -0.39 is 20.1 Å². The number of hydrogen-bond acceptors (Lipinski definition) is 8. The largest absolute Gasteiger partial charge is 0.688 e. The molecule has 3 unspecified atom stereocenters. The van der Waals surface area contributed by atoms with Gasteiger partial charge in [0.15, 0.2) is 0 Å². The predicted octanol–water partition coefficient (Wildman–Crippen LogP) is 4.65. The minimum Gasteiger partial charge on any atom is -0.672 e. The molecule has 2 heterocycles. The van der Waals surface area contributed by atoms with Crippen LogP contribution >= 0.6 is 8.25 Å². The van der Waals surface area contributed by atoms with Crippen molar-refractivity contribution in [1.82, 2.24) is 15.6 Å². The number of nitrogens with one attached hydrogen (secondary N) is 4. The lowest BCUT2D eigenvalue weighted by Crippen LogP contribution is -2.46. The maximum Gasteiger partial charge on any atom is 0.688 e. The number of aryl methyl sites for hydroxylation is 1. The van der Waals surface area contributed by atoms with E-state index in [1.165, 1.54) is 18.2 Å². The van der Waals surface area contributed by atoms with Crippen molar-refractivity contribution >= 4 is 49.4 Å². The van der Waals surface area contributed by atoms with Crippen molar-refractivity contribution in [2.75, 3.05) is 25.1 Å². The second-order valence-corrected chi connectivity index (χ2v) is 12.9. The number of aromatic nitrogens is 1. The maximum atomic E-state index is 13.9. The van der Waals surface area contributed by atoms with E-state index in [1.54, 1.807) is 6.08 Å². The predicted molar refractivity (Wildman–Crippen MR) is 186 cm³/mol. The smallest absolute Gasteiger partial charge is 0.672 e. The number of H-pyrrole nitrogens is 1. The van der Waals surface area contributed by atoms with E-state index in [-0.39, 0.29) is 49.7 Å². The SMILES string of the molecule is Cc1[nH]c(/C=C2\C(=O)Nc3ccc(F)cc32)c(C)c1CCC(=O)NC(C/C=C/c1ccccc1)C(=O)NCCCCC(CO)CO[P+](=O)O[O-]. The lowest BCUT2D eigenvalue weighted by Gasteiger charge is -2.18. The van der Waals surface area contributed by atoms with Gasteiger partial charge in [-0.2, -0.15) is 4.67 Å². The molecular weight excluding hydrogens is 666 g/mol. The Morgan fingerprint density at radius 1 is 1.14 bits per heavy atom. The van der Waals surface area contributed by atoms with Crippen LogP contribution < -0.4 is 21.2 Å². The molecule has 1 aromatic heterocycles. The highest BCUT2D eigenvalue weighted by Gasteiger charge is 2.26. The van der Waals surface area contributed by atoms with E-state index in [1.807, 2.05) is 56.3 Å². The molecule has 3 amide bonds. The summed E-state index contributed by atoms with van der Waals surface area (Å²) >= 11 is 0. The lowest BCUT2D eigenvalue weighted by atomic mass is 10.0. The van der Waals surface area contributed by atoms with Crippen LogP contribution in [-0.4, -0.2) is 53.6 Å². The van der Waals surface area contributed by atoms with E-state index in [4.69, 9.17) is 4.52 Å². The summed E-state index contributed by atoms with van der Waals surface area (Å²) in [5.74, 6) is -1.74. The van der Waals surface area contributed by atoms with Crippen molar-refractivity contribution < 1.29 is 42.9 Å². The number of fused-ring (bicyclic) bond motifs is 1. The number of aliphatic hydroxyl groups is 1. The van der Waals surface area contributed by atoms with Gasteiger partial charge in [0, 0.05) is 52.7 Å². The van der Waals surface area contributed by atoms with Crippen LogP contribution in [0.25, 0.3) is 17.7 Å². The van der Waals surface area contributed by atoms with E-state index >= 15 is 0 Å². The van der Waals surface area contributed by atoms with Gasteiger partial charge in [-0.25, -0.2) is 4.39 Å². The topological polar surface area (TPSA) is 182 Å². The Hall–Kier alpha value is -4.52. The summed E-state index contributed by atoms with van der Waals surface area (Å²) in [4.78, 5) is 42.3. The minimum atomic E-state index is -2.75. The Labute approximate surface area is 291 Å². The Morgan fingerprint density at radius 2 is 1.92 bits per heavy atom. The molecule has 3 aromatic rings. The van der Waals surface area contributed by atoms with Crippen LogP contribution in [0.15, 0.2) is 54.6 Å². The molecule has 50 heavy (non-hydrogen) atoms. The second-order valence-electron chi connectivity index (χ2n) is 12.1. The van der Waals surface area contributed by atoms with Crippen LogP contribution in [0.3, 0.4) is 0 Å². The molecule has 1 aliphatic heterocycles. The molecule has 266 valence electrons. The summed E-state index contributed by atoms with van der Waals surface area (Å²) < 4.78 is 33.1. The van der Waals surface area contributed by atoms with Crippen LogP contribution in [0.4, 0.5) is 10.1 Å². The first-order valence-corrected chi connectivity index (χ1v) is 17.5. The van der Waals surface area contributed by atoms with Gasteiger partial charge < -0.3 is 31.3 Å². The normalized spacial score (nSPS) is 14.8. The summed E-state index contributed by atoms with van der Waals surface area (Å²) in [5.41, 5.74) is 5.63. The highest BCUT2D eigenvalue weighted by Crippen LogP contribution is 2.34. The average molecular weight is 709 g/mol. The maximum absolute atomic E-state index is 13.9. The third-order valence-electron chi connectivity index (χ3n) is 8.49. The quantitative estimate of drug-likeness (QED) is 0.0392. The molecule has 3 atom stereocenters. The average Bonchev–Trinajstić information content (AvgIpc) is 3.56. The molecule has 0 bridgehead atoms. The zero-order chi connectivity index (χ0) is 36.0. The zero-order valence-corrected chi connectivity index (χ0v) is 28.9. The van der Waals surface area contributed by atoms with Crippen LogP contribution in [-0.2, 0) is 34.6 Å². The first kappa shape index (κ1) is 38.3. The molecule has 0 aliphatic carbocycles. The van der Waals surface area contributed by atoms with Crippen molar-refractivity contribution in [2.24, 2.45) is 5.92 Å². The minimum absolute atomic E-state index is 0.0874. The lowest BCUT2D eigenvalue weighted by molar-refractivity contribution is -0.638. The molecule has 5 N–H and O–H groups in total. The number of anilines is 1. The second kappa shape index (κ2) is 19.0. The van der Waals surface area contributed by atoms with Gasteiger partial charge in [-0.3, -0.25) is 14.4 Å². The number of carbonyl (C=O) groups is 3. The summed E-state index contributed by atoms with van der Waals surface area (Å²) in [6.45, 7) is 3.80. The van der Waals surface area contributed by atoms with Gasteiger partial charge in [-0.05, 0) is 80.5 Å². The summed E-state index contributed by atoms with van der Waals surface area (Å²) in [6, 6.07) is 12.9. The number of aliphatic hydroxyl groups excluding tert-OH is 1. The molecule has 2 aromatic carbocycles. The number of carbonyl (C=O) groups excluding carboxylic acids is 3. The van der Waals surface area contributed by atoms with Gasteiger partial charge in [0.2, 0.25) is 11.8 Å². The van der Waals surface area contributed by atoms with E-state index in [2.05, 4.69) is 25.6 Å². The van der Waals surface area contributed by atoms with Crippen molar-refractivity contribution in [3.8, 4) is 0 Å². The van der Waals surface area contributed by atoms with E-state index in [9.17, 15) is 33.7 Å². The Kier molecular flexibility index (Phi) is 14.6. The van der Waals surface area contributed by atoms with Gasteiger partial charge in [-0.15, -0.1) is 4.52 Å². The van der Waals surface area contributed by atoms with Gasteiger partial charge in [0.25, 0.3) is 5.91 Å². The Balaban J connectivity index is 1.35.